The summed E-state index contributed by atoms with van der Waals surface area (Å²) < 4.78 is 3.67. The Bertz CT molecular complexity index is 850. The second-order valence-electron chi connectivity index (χ2n) is 5.64. The number of rotatable bonds is 1. The van der Waals surface area contributed by atoms with Crippen LogP contribution in [-0.2, 0) is 0 Å². The molecule has 0 aromatic carbocycles. The third-order valence-electron chi connectivity index (χ3n) is 4.19. The van der Waals surface area contributed by atoms with Gasteiger partial charge in [0.05, 0.1) is 0 Å². The number of nitrogens with one attached hydrogen (secondary N) is 1. The van der Waals surface area contributed by atoms with Crippen LogP contribution in [0, 0.1) is 16.1 Å². The molecule has 2 aromatic rings. The van der Waals surface area contributed by atoms with Crippen molar-refractivity contribution in [3.8, 4) is 0 Å². The fourth-order valence-corrected chi connectivity index (χ4v) is 2.68. The predicted molar refractivity (Wildman–Crippen MR) is 81.0 cm³/mol. The third kappa shape index (κ3) is 1.71. The van der Waals surface area contributed by atoms with Crippen molar-refractivity contribution in [2.24, 2.45) is 11.3 Å². The van der Waals surface area contributed by atoms with Crippen LogP contribution in [0.4, 0.5) is 0 Å². The van der Waals surface area contributed by atoms with Crippen molar-refractivity contribution < 1.29 is 0 Å². The second-order valence-corrected chi connectivity index (χ2v) is 6.03. The molecule has 1 aliphatic rings. The van der Waals surface area contributed by atoms with Crippen molar-refractivity contribution in [2.75, 3.05) is 0 Å². The van der Waals surface area contributed by atoms with Gasteiger partial charge in [0.2, 0.25) is 5.65 Å². The number of H-pyrrole nitrogens is 1. The molecule has 0 saturated carbocycles. The minimum Gasteiger partial charge on any atom is -0.283 e. The summed E-state index contributed by atoms with van der Waals surface area (Å²) in [6.45, 7) is 6.43. The van der Waals surface area contributed by atoms with E-state index in [-0.39, 0.29) is 11.0 Å². The maximum absolute atomic E-state index is 12.6. The van der Waals surface area contributed by atoms with Crippen LogP contribution < -0.4 is 5.56 Å². The lowest BCUT2D eigenvalue weighted by atomic mass is 9.74. The zero-order valence-electron chi connectivity index (χ0n) is 11.6. The van der Waals surface area contributed by atoms with Crippen LogP contribution in [0.15, 0.2) is 35.4 Å². The fraction of sp³-hybridized carbons (Fsp3) is 0.357. The molecule has 1 atom stereocenters. The number of nitrogens with zero attached hydrogens (tertiary/aromatic N) is 3. The Morgan fingerprint density at radius 2 is 2.15 bits per heavy atom. The van der Waals surface area contributed by atoms with Crippen molar-refractivity contribution in [3.63, 3.8) is 0 Å². The minimum absolute atomic E-state index is 0.121. The normalized spacial score (nSPS) is 21.1. The second kappa shape index (κ2) is 4.28. The van der Waals surface area contributed by atoms with E-state index in [0.29, 0.717) is 16.3 Å². The van der Waals surface area contributed by atoms with Crippen LogP contribution in [0.3, 0.4) is 0 Å². The molecule has 1 N–H and O–H groups in total. The van der Waals surface area contributed by atoms with Crippen molar-refractivity contribution in [3.05, 3.63) is 45.7 Å². The van der Waals surface area contributed by atoms with Gasteiger partial charge < -0.3 is 0 Å². The summed E-state index contributed by atoms with van der Waals surface area (Å²) in [5.74, 6) is 0.353. The van der Waals surface area contributed by atoms with Crippen LogP contribution in [0.5, 0.6) is 0 Å². The number of hydrogen-bond acceptors (Lipinski definition) is 3. The molecule has 1 unspecified atom stereocenters. The highest BCUT2D eigenvalue weighted by Gasteiger charge is 2.32. The lowest BCUT2D eigenvalue weighted by Crippen LogP contribution is -2.32. The quantitative estimate of drug-likeness (QED) is 0.821. The molecule has 5 nitrogen and oxygen atoms in total. The SMILES string of the molecule is CC1C=CC=C(n2ccn3c(=S)[nH]nc3c2=O)C1(C)C. The standard InChI is InChI=1S/C14H16N4OS/c1-9-5-4-6-10(14(9,2)3)17-7-8-18-11(12(17)19)15-16-13(18)20/h4-9H,1-3H3,(H,16,20). The molecular weight excluding hydrogens is 272 g/mol. The van der Waals surface area contributed by atoms with Crippen LogP contribution >= 0.6 is 12.2 Å². The average Bonchev–Trinajstić information content (AvgIpc) is 2.77. The molecule has 20 heavy (non-hydrogen) atoms. The molecule has 0 aliphatic heterocycles. The van der Waals surface area contributed by atoms with Crippen LogP contribution in [0.2, 0.25) is 0 Å². The molecule has 0 radical (unpaired) electrons. The Balaban J connectivity index is 2.28. The summed E-state index contributed by atoms with van der Waals surface area (Å²) in [6, 6.07) is 0. The highest BCUT2D eigenvalue weighted by atomic mass is 32.1. The summed E-state index contributed by atoms with van der Waals surface area (Å²) in [5.41, 5.74) is 0.997. The molecule has 3 rings (SSSR count). The summed E-state index contributed by atoms with van der Waals surface area (Å²) in [4.78, 5) is 12.6. The molecule has 0 spiro atoms. The number of hydrogen-bond donors (Lipinski definition) is 1. The van der Waals surface area contributed by atoms with Gasteiger partial charge in [-0.25, -0.2) is 0 Å². The van der Waals surface area contributed by atoms with E-state index in [9.17, 15) is 4.79 Å². The van der Waals surface area contributed by atoms with Gasteiger partial charge in [-0.3, -0.25) is 18.9 Å². The average molecular weight is 288 g/mol. The number of fused-ring (bicyclic) bond motifs is 1. The highest BCUT2D eigenvalue weighted by Crippen LogP contribution is 2.40. The third-order valence-corrected chi connectivity index (χ3v) is 4.48. The molecule has 0 fully saturated rings. The first-order chi connectivity index (χ1) is 9.43. The molecule has 0 saturated heterocycles. The molecule has 2 aromatic heterocycles. The molecule has 0 amide bonds. The van der Waals surface area contributed by atoms with Gasteiger partial charge in [-0.05, 0) is 24.2 Å². The topological polar surface area (TPSA) is 55.1 Å². The molecule has 2 heterocycles. The van der Waals surface area contributed by atoms with E-state index in [2.05, 4.69) is 37.0 Å². The van der Waals surface area contributed by atoms with E-state index < -0.39 is 0 Å². The van der Waals surface area contributed by atoms with E-state index in [1.807, 2.05) is 12.2 Å². The van der Waals surface area contributed by atoms with Crippen LogP contribution in [0.1, 0.15) is 20.8 Å². The largest absolute Gasteiger partial charge is 0.300 e. The first kappa shape index (κ1) is 13.1. The highest BCUT2D eigenvalue weighted by molar-refractivity contribution is 7.71. The summed E-state index contributed by atoms with van der Waals surface area (Å²) >= 11 is 5.08. The smallest absolute Gasteiger partial charge is 0.283 e. The van der Waals surface area contributed by atoms with Crippen LogP contribution in [-0.4, -0.2) is 19.2 Å². The van der Waals surface area contributed by atoms with Gasteiger partial charge in [-0.1, -0.05) is 32.9 Å². The van der Waals surface area contributed by atoms with Crippen molar-refractivity contribution >= 4 is 23.6 Å². The maximum atomic E-state index is 12.6. The Labute approximate surface area is 121 Å². The van der Waals surface area contributed by atoms with E-state index in [1.165, 1.54) is 0 Å². The van der Waals surface area contributed by atoms with E-state index >= 15 is 0 Å². The van der Waals surface area contributed by atoms with Gasteiger partial charge in [0, 0.05) is 23.5 Å². The number of allylic oxidation sites excluding steroid dienone is 4. The molecule has 104 valence electrons. The lowest BCUT2D eigenvalue weighted by molar-refractivity contribution is 0.365. The van der Waals surface area contributed by atoms with Gasteiger partial charge in [0.25, 0.3) is 5.56 Å². The van der Waals surface area contributed by atoms with Crippen molar-refractivity contribution in [1.29, 1.82) is 0 Å². The zero-order chi connectivity index (χ0) is 14.5. The van der Waals surface area contributed by atoms with Gasteiger partial charge in [-0.15, -0.1) is 5.10 Å². The van der Waals surface area contributed by atoms with Crippen molar-refractivity contribution in [1.82, 2.24) is 19.2 Å². The first-order valence-electron chi connectivity index (χ1n) is 6.50. The van der Waals surface area contributed by atoms with E-state index in [4.69, 9.17) is 12.2 Å². The van der Waals surface area contributed by atoms with Gasteiger partial charge >= 0.3 is 0 Å². The van der Waals surface area contributed by atoms with Crippen molar-refractivity contribution in [2.45, 2.75) is 20.8 Å². The predicted octanol–water partition coefficient (Wildman–Crippen LogP) is 2.63. The van der Waals surface area contributed by atoms with Gasteiger partial charge in [-0.2, -0.15) is 0 Å². The molecular formula is C14H16N4OS. The van der Waals surface area contributed by atoms with E-state index in [1.54, 1.807) is 21.4 Å². The lowest BCUT2D eigenvalue weighted by Gasteiger charge is -2.35. The molecule has 6 heteroatoms. The first-order valence-corrected chi connectivity index (χ1v) is 6.91. The number of aromatic amines is 1. The minimum atomic E-state index is -0.165. The zero-order valence-corrected chi connectivity index (χ0v) is 12.4. The molecule has 1 aliphatic carbocycles. The molecule has 0 bridgehead atoms. The monoisotopic (exact) mass is 288 g/mol. The Morgan fingerprint density at radius 3 is 2.90 bits per heavy atom. The summed E-state index contributed by atoms with van der Waals surface area (Å²) in [5, 5.41) is 6.65. The maximum Gasteiger partial charge on any atom is 0.300 e. The van der Waals surface area contributed by atoms with Crippen LogP contribution in [0.25, 0.3) is 11.3 Å². The Kier molecular flexibility index (Phi) is 2.79. The van der Waals surface area contributed by atoms with E-state index in [0.717, 1.165) is 5.70 Å². The fourth-order valence-electron chi connectivity index (χ4n) is 2.49. The summed E-state index contributed by atoms with van der Waals surface area (Å²) in [6.07, 6.45) is 9.65. The van der Waals surface area contributed by atoms with Gasteiger partial charge in [0.1, 0.15) is 0 Å². The Morgan fingerprint density at radius 1 is 1.40 bits per heavy atom. The van der Waals surface area contributed by atoms with Gasteiger partial charge in [0.15, 0.2) is 4.77 Å². The summed E-state index contributed by atoms with van der Waals surface area (Å²) in [7, 11) is 0. The Hall–Kier alpha value is -1.95. The number of aromatic nitrogens is 4.